The zero-order chi connectivity index (χ0) is 18.2. The van der Waals surface area contributed by atoms with E-state index < -0.39 is 0 Å². The maximum atomic E-state index is 12.5. The summed E-state index contributed by atoms with van der Waals surface area (Å²) in [7, 11) is 1.60. The SMILES string of the molecule is CN1CC(=O)N(CCCC(=O)N(CCCN)Cc2ccccc2)C1=O.Cl. The molecule has 1 aliphatic rings. The van der Waals surface area contributed by atoms with Gasteiger partial charge in [-0.25, -0.2) is 4.79 Å². The largest absolute Gasteiger partial charge is 0.338 e. The minimum Gasteiger partial charge on any atom is -0.338 e. The Labute approximate surface area is 160 Å². The second kappa shape index (κ2) is 10.8. The summed E-state index contributed by atoms with van der Waals surface area (Å²) in [4.78, 5) is 40.5. The number of urea groups is 1. The van der Waals surface area contributed by atoms with E-state index in [0.717, 1.165) is 12.0 Å². The molecular weight excluding hydrogens is 356 g/mol. The van der Waals surface area contributed by atoms with Crippen molar-refractivity contribution in [2.45, 2.75) is 25.8 Å². The fourth-order valence-corrected chi connectivity index (χ4v) is 2.81. The van der Waals surface area contributed by atoms with E-state index in [9.17, 15) is 14.4 Å². The second-order valence-corrected chi connectivity index (χ2v) is 6.23. The lowest BCUT2D eigenvalue weighted by molar-refractivity contribution is -0.132. The van der Waals surface area contributed by atoms with Gasteiger partial charge in [0.05, 0.1) is 0 Å². The summed E-state index contributed by atoms with van der Waals surface area (Å²) in [6, 6.07) is 9.52. The van der Waals surface area contributed by atoms with Gasteiger partial charge in [-0.05, 0) is 24.9 Å². The Morgan fingerprint density at radius 2 is 1.88 bits per heavy atom. The average Bonchev–Trinajstić information content (AvgIpc) is 2.85. The van der Waals surface area contributed by atoms with Crippen LogP contribution in [-0.4, -0.2) is 65.8 Å². The van der Waals surface area contributed by atoms with Crippen LogP contribution in [0.4, 0.5) is 4.79 Å². The molecule has 1 aromatic carbocycles. The van der Waals surface area contributed by atoms with Gasteiger partial charge in [-0.3, -0.25) is 14.5 Å². The van der Waals surface area contributed by atoms with Gasteiger partial charge in [-0.15, -0.1) is 12.4 Å². The summed E-state index contributed by atoms with van der Waals surface area (Å²) < 4.78 is 0. The predicted octanol–water partition coefficient (Wildman–Crippen LogP) is 1.46. The molecule has 0 spiro atoms. The maximum absolute atomic E-state index is 12.5. The number of likely N-dealkylation sites (N-methyl/N-ethyl adjacent to an activating group) is 1. The van der Waals surface area contributed by atoms with Crippen LogP contribution in [0.15, 0.2) is 30.3 Å². The van der Waals surface area contributed by atoms with Crippen LogP contribution >= 0.6 is 12.4 Å². The van der Waals surface area contributed by atoms with Crippen molar-refractivity contribution in [2.75, 3.05) is 33.2 Å². The molecule has 0 bridgehead atoms. The fraction of sp³-hybridized carbons (Fsp3) is 0.500. The third-order valence-electron chi connectivity index (χ3n) is 4.20. The number of nitrogens with zero attached hydrogens (tertiary/aromatic N) is 3. The van der Waals surface area contributed by atoms with Gasteiger partial charge in [0.2, 0.25) is 11.8 Å². The van der Waals surface area contributed by atoms with Gasteiger partial charge in [-0.1, -0.05) is 30.3 Å². The quantitative estimate of drug-likeness (QED) is 0.655. The monoisotopic (exact) mass is 382 g/mol. The first kappa shape index (κ1) is 21.9. The molecule has 8 heteroatoms. The summed E-state index contributed by atoms with van der Waals surface area (Å²) in [6.07, 6.45) is 1.52. The number of benzene rings is 1. The van der Waals surface area contributed by atoms with E-state index in [1.54, 1.807) is 11.9 Å². The Bertz CT molecular complexity index is 612. The zero-order valence-electron chi connectivity index (χ0n) is 15.1. The third kappa shape index (κ3) is 6.00. The van der Waals surface area contributed by atoms with Crippen molar-refractivity contribution >= 4 is 30.3 Å². The van der Waals surface area contributed by atoms with E-state index in [4.69, 9.17) is 5.73 Å². The second-order valence-electron chi connectivity index (χ2n) is 6.23. The summed E-state index contributed by atoms with van der Waals surface area (Å²) in [5.74, 6) is -0.186. The number of nitrogens with two attached hydrogens (primary N) is 1. The van der Waals surface area contributed by atoms with Gasteiger partial charge < -0.3 is 15.5 Å². The van der Waals surface area contributed by atoms with E-state index in [2.05, 4.69) is 0 Å². The number of carbonyl (C=O) groups is 3. The smallest absolute Gasteiger partial charge is 0.326 e. The number of hydrogen-bond acceptors (Lipinski definition) is 4. The van der Waals surface area contributed by atoms with E-state index in [0.29, 0.717) is 32.5 Å². The molecule has 1 aliphatic heterocycles. The van der Waals surface area contributed by atoms with E-state index in [1.165, 1.54) is 9.80 Å². The van der Waals surface area contributed by atoms with Crippen LogP contribution in [0, 0.1) is 0 Å². The number of amides is 4. The molecule has 4 amide bonds. The highest BCUT2D eigenvalue weighted by atomic mass is 35.5. The van der Waals surface area contributed by atoms with Crippen molar-refractivity contribution < 1.29 is 14.4 Å². The number of hydrogen-bond donors (Lipinski definition) is 1. The summed E-state index contributed by atoms with van der Waals surface area (Å²) in [5.41, 5.74) is 6.64. The van der Waals surface area contributed by atoms with E-state index in [-0.39, 0.29) is 43.3 Å². The van der Waals surface area contributed by atoms with Crippen LogP contribution in [0.25, 0.3) is 0 Å². The van der Waals surface area contributed by atoms with Crippen molar-refractivity contribution in [1.29, 1.82) is 0 Å². The molecule has 1 fully saturated rings. The van der Waals surface area contributed by atoms with Crippen molar-refractivity contribution in [2.24, 2.45) is 5.73 Å². The summed E-state index contributed by atoms with van der Waals surface area (Å²) in [5, 5.41) is 0. The van der Waals surface area contributed by atoms with Gasteiger partial charge in [0, 0.05) is 33.1 Å². The molecule has 2 rings (SSSR count). The molecule has 0 atom stereocenters. The van der Waals surface area contributed by atoms with Crippen molar-refractivity contribution in [3.63, 3.8) is 0 Å². The highest BCUT2D eigenvalue weighted by Crippen LogP contribution is 2.11. The summed E-state index contributed by atoms with van der Waals surface area (Å²) >= 11 is 0. The van der Waals surface area contributed by atoms with E-state index >= 15 is 0 Å². The molecular formula is C18H27ClN4O3. The minimum absolute atomic E-state index is 0. The lowest BCUT2D eigenvalue weighted by Gasteiger charge is -2.23. The standard InChI is InChI=1S/C18H26N4O3.ClH/c1-20-14-17(24)22(18(20)25)12-5-9-16(23)21(11-6-10-19)13-15-7-3-2-4-8-15;/h2-4,7-8H,5-6,9-14,19H2,1H3;1H. The number of halogens is 1. The zero-order valence-corrected chi connectivity index (χ0v) is 15.9. The van der Waals surface area contributed by atoms with Gasteiger partial charge in [0.1, 0.15) is 6.54 Å². The first-order chi connectivity index (χ1) is 12.0. The lowest BCUT2D eigenvalue weighted by atomic mass is 10.2. The number of carbonyl (C=O) groups excluding carboxylic acids is 3. The van der Waals surface area contributed by atoms with Crippen LogP contribution in [0.2, 0.25) is 0 Å². The molecule has 0 saturated carbocycles. The Balaban J connectivity index is 0.00000338. The van der Waals surface area contributed by atoms with Crippen LogP contribution in [-0.2, 0) is 16.1 Å². The molecule has 1 heterocycles. The van der Waals surface area contributed by atoms with Gasteiger partial charge >= 0.3 is 6.03 Å². The molecule has 0 radical (unpaired) electrons. The predicted molar refractivity (Wildman–Crippen MR) is 102 cm³/mol. The van der Waals surface area contributed by atoms with Crippen molar-refractivity contribution in [3.8, 4) is 0 Å². The van der Waals surface area contributed by atoms with Crippen molar-refractivity contribution in [1.82, 2.24) is 14.7 Å². The number of rotatable bonds is 9. The molecule has 0 aromatic heterocycles. The normalized spacial score (nSPS) is 13.8. The molecule has 0 unspecified atom stereocenters. The van der Waals surface area contributed by atoms with E-state index in [1.807, 2.05) is 30.3 Å². The highest BCUT2D eigenvalue weighted by molar-refractivity contribution is 6.01. The Morgan fingerprint density at radius 3 is 2.46 bits per heavy atom. The lowest BCUT2D eigenvalue weighted by Crippen LogP contribution is -2.35. The fourth-order valence-electron chi connectivity index (χ4n) is 2.81. The average molecular weight is 383 g/mol. The molecule has 0 aliphatic carbocycles. The third-order valence-corrected chi connectivity index (χ3v) is 4.20. The topological polar surface area (TPSA) is 87.0 Å². The van der Waals surface area contributed by atoms with Gasteiger partial charge in [-0.2, -0.15) is 0 Å². The maximum Gasteiger partial charge on any atom is 0.326 e. The Hall–Kier alpha value is -2.12. The first-order valence-corrected chi connectivity index (χ1v) is 8.60. The Kier molecular flexibility index (Phi) is 9.09. The number of imide groups is 1. The first-order valence-electron chi connectivity index (χ1n) is 8.60. The van der Waals surface area contributed by atoms with Gasteiger partial charge in [0.15, 0.2) is 0 Å². The van der Waals surface area contributed by atoms with Crippen LogP contribution in [0.3, 0.4) is 0 Å². The van der Waals surface area contributed by atoms with Gasteiger partial charge in [0.25, 0.3) is 0 Å². The van der Waals surface area contributed by atoms with Crippen LogP contribution < -0.4 is 5.73 Å². The molecule has 1 saturated heterocycles. The minimum atomic E-state index is -0.290. The van der Waals surface area contributed by atoms with Crippen LogP contribution in [0.1, 0.15) is 24.8 Å². The summed E-state index contributed by atoms with van der Waals surface area (Å²) in [6.45, 7) is 2.08. The Morgan fingerprint density at radius 1 is 1.19 bits per heavy atom. The molecule has 2 N–H and O–H groups in total. The van der Waals surface area contributed by atoms with Crippen molar-refractivity contribution in [3.05, 3.63) is 35.9 Å². The molecule has 1 aromatic rings. The molecule has 144 valence electrons. The molecule has 7 nitrogen and oxygen atoms in total. The highest BCUT2D eigenvalue weighted by Gasteiger charge is 2.33. The molecule has 26 heavy (non-hydrogen) atoms. The van der Waals surface area contributed by atoms with Crippen LogP contribution in [0.5, 0.6) is 0 Å².